The van der Waals surface area contributed by atoms with Crippen LogP contribution in [-0.4, -0.2) is 56.6 Å². The summed E-state index contributed by atoms with van der Waals surface area (Å²) in [6.45, 7) is -0.238. The molecule has 1 N–H and O–H groups in total. The summed E-state index contributed by atoms with van der Waals surface area (Å²) in [5, 5.41) is 2.41. The number of benzene rings is 2. The van der Waals surface area contributed by atoms with Crippen LogP contribution in [0.3, 0.4) is 0 Å². The minimum atomic E-state index is -4.98. The second-order valence-electron chi connectivity index (χ2n) is 6.80. The second kappa shape index (κ2) is 8.99. The zero-order chi connectivity index (χ0) is 30.4. The van der Waals surface area contributed by atoms with E-state index in [1.807, 2.05) is 0 Å². The van der Waals surface area contributed by atoms with Crippen molar-refractivity contribution in [3.05, 3.63) is 53.1 Å². The van der Waals surface area contributed by atoms with Crippen LogP contribution in [0.1, 0.15) is 57.1 Å². The van der Waals surface area contributed by atoms with Crippen LogP contribution in [0.4, 0.5) is 5.69 Å². The van der Waals surface area contributed by atoms with Gasteiger partial charge in [-0.1, -0.05) is 12.1 Å². The molecule has 10 heteroatoms. The van der Waals surface area contributed by atoms with E-state index in [-0.39, 0.29) is 22.4 Å². The van der Waals surface area contributed by atoms with Gasteiger partial charge in [0.25, 0.3) is 11.8 Å². The van der Waals surface area contributed by atoms with Crippen LogP contribution in [0.5, 0.6) is 11.5 Å². The zero-order valence-electron chi connectivity index (χ0n) is 25.0. The van der Waals surface area contributed by atoms with Crippen molar-refractivity contribution in [1.82, 2.24) is 4.90 Å². The molecule has 1 atom stereocenters. The van der Waals surface area contributed by atoms with Crippen molar-refractivity contribution in [3.8, 4) is 11.5 Å². The van der Waals surface area contributed by atoms with E-state index >= 15 is 0 Å². The monoisotopic (exact) mass is 468 g/mol. The number of carbonyl (C=O) groups is 3. The van der Waals surface area contributed by atoms with Crippen LogP contribution in [0.15, 0.2) is 36.4 Å². The Labute approximate surface area is 197 Å². The second-order valence-corrected chi connectivity index (χ2v) is 8.36. The molecule has 0 aliphatic carbocycles. The lowest BCUT2D eigenvalue weighted by atomic mass is 10.1. The van der Waals surface area contributed by atoms with Crippen LogP contribution >= 0.6 is 0 Å². The molecule has 2 aromatic rings. The first-order valence-corrected chi connectivity index (χ1v) is 10.8. The van der Waals surface area contributed by atoms with Crippen LogP contribution in [0.25, 0.3) is 0 Å². The fourth-order valence-corrected chi connectivity index (χ4v) is 4.17. The number of rotatable bonds is 8. The summed E-state index contributed by atoms with van der Waals surface area (Å²) in [6, 6.07) is 5.25. The molecule has 32 heavy (non-hydrogen) atoms. The molecule has 0 saturated carbocycles. The molecule has 0 fully saturated rings. The highest BCUT2D eigenvalue weighted by atomic mass is 32.2. The maximum atomic E-state index is 13.6. The Morgan fingerprint density at radius 2 is 2.00 bits per heavy atom. The summed E-state index contributed by atoms with van der Waals surface area (Å²) in [7, 11) is -7.98. The standard InChI is InChI=1S/C22H24N2O7S/c1-5-31-19-11-14(9-10-18(19)30-3)17(12-32(4,28)29)24-21(26)15-7-6-8-16(23-13(2)25)20(15)22(24)27/h6-11,17H,5,12H2,1-4H3,(H,23,25)/i3D3,4D3,5D2. The topological polar surface area (TPSA) is 119 Å². The lowest BCUT2D eigenvalue weighted by Gasteiger charge is -2.27. The molecule has 0 saturated heterocycles. The number of nitrogens with zero attached hydrogens (tertiary/aromatic N) is 1. The number of fused-ring (bicyclic) bond motifs is 1. The number of hydrogen-bond acceptors (Lipinski definition) is 7. The largest absolute Gasteiger partial charge is 0.493 e. The van der Waals surface area contributed by atoms with E-state index in [0.717, 1.165) is 25.1 Å². The summed E-state index contributed by atoms with van der Waals surface area (Å²) >= 11 is 0. The highest BCUT2D eigenvalue weighted by Gasteiger charge is 2.43. The first-order valence-electron chi connectivity index (χ1n) is 13.1. The summed E-state index contributed by atoms with van der Waals surface area (Å²) < 4.78 is 95.5. The predicted molar refractivity (Wildman–Crippen MR) is 118 cm³/mol. The van der Waals surface area contributed by atoms with E-state index in [4.69, 9.17) is 20.4 Å². The molecule has 2 aromatic carbocycles. The van der Waals surface area contributed by atoms with Crippen molar-refractivity contribution in [3.63, 3.8) is 0 Å². The lowest BCUT2D eigenvalue weighted by molar-refractivity contribution is -0.114. The Hall–Kier alpha value is -3.40. The highest BCUT2D eigenvalue weighted by Crippen LogP contribution is 2.38. The van der Waals surface area contributed by atoms with Crippen molar-refractivity contribution < 1.29 is 43.2 Å². The van der Waals surface area contributed by atoms with E-state index in [1.165, 1.54) is 25.1 Å². The van der Waals surface area contributed by atoms with Gasteiger partial charge in [0.1, 0.15) is 9.84 Å². The number of imide groups is 1. The van der Waals surface area contributed by atoms with Gasteiger partial charge in [-0.05, 0) is 36.8 Å². The first kappa shape index (κ1) is 14.6. The van der Waals surface area contributed by atoms with Gasteiger partial charge in [-0.25, -0.2) is 8.42 Å². The van der Waals surface area contributed by atoms with Gasteiger partial charge in [-0.15, -0.1) is 0 Å². The molecular formula is C22H24N2O7S. The Bertz CT molecular complexity index is 1470. The quantitative estimate of drug-likeness (QED) is 0.591. The fourth-order valence-electron chi connectivity index (χ4n) is 3.41. The Morgan fingerprint density at radius 1 is 1.22 bits per heavy atom. The van der Waals surface area contributed by atoms with Gasteiger partial charge in [-0.2, -0.15) is 0 Å². The number of nitrogens with one attached hydrogen (secondary N) is 1. The molecule has 1 unspecified atom stereocenters. The third kappa shape index (κ3) is 4.59. The van der Waals surface area contributed by atoms with E-state index < -0.39 is 70.6 Å². The third-order valence-corrected chi connectivity index (χ3v) is 5.38. The minimum absolute atomic E-state index is 0.0343. The van der Waals surface area contributed by atoms with E-state index in [2.05, 4.69) is 5.32 Å². The van der Waals surface area contributed by atoms with E-state index in [9.17, 15) is 22.8 Å². The van der Waals surface area contributed by atoms with Gasteiger partial charge in [-0.3, -0.25) is 19.3 Å². The number of sulfone groups is 1. The van der Waals surface area contributed by atoms with Crippen molar-refractivity contribution >= 4 is 33.2 Å². The van der Waals surface area contributed by atoms with Crippen molar-refractivity contribution in [2.75, 3.05) is 30.9 Å². The van der Waals surface area contributed by atoms with Gasteiger partial charge in [0.15, 0.2) is 11.5 Å². The molecule has 1 aliphatic rings. The van der Waals surface area contributed by atoms with Gasteiger partial charge in [0.2, 0.25) is 5.91 Å². The number of amides is 3. The van der Waals surface area contributed by atoms with Crippen molar-refractivity contribution in [2.24, 2.45) is 0 Å². The molecule has 3 rings (SSSR count). The predicted octanol–water partition coefficient (Wildman–Crippen LogP) is 2.43. The van der Waals surface area contributed by atoms with Gasteiger partial charge >= 0.3 is 0 Å². The van der Waals surface area contributed by atoms with E-state index in [0.29, 0.717) is 4.90 Å². The summed E-state index contributed by atoms with van der Waals surface area (Å²) in [4.78, 5) is 39.2. The Balaban J connectivity index is 2.23. The minimum Gasteiger partial charge on any atom is -0.493 e. The number of anilines is 1. The smallest absolute Gasteiger partial charge is 0.264 e. The molecule has 0 radical (unpaired) electrons. The summed E-state index contributed by atoms with van der Waals surface area (Å²) in [6.07, 6.45) is -3.53. The first-order chi connectivity index (χ1) is 18.1. The van der Waals surface area contributed by atoms with Crippen molar-refractivity contribution in [2.45, 2.75) is 19.9 Å². The van der Waals surface area contributed by atoms with Gasteiger partial charge in [0.05, 0.1) is 49.1 Å². The maximum absolute atomic E-state index is 13.6. The molecule has 1 heterocycles. The normalized spacial score (nSPS) is 19.1. The highest BCUT2D eigenvalue weighted by molar-refractivity contribution is 7.90. The fraction of sp³-hybridized carbons (Fsp3) is 0.318. The molecule has 170 valence electrons. The lowest BCUT2D eigenvalue weighted by Crippen LogP contribution is -2.37. The molecular weight excluding hydrogens is 436 g/mol. The van der Waals surface area contributed by atoms with Crippen molar-refractivity contribution in [1.29, 1.82) is 0 Å². The number of carbonyl (C=O) groups excluding carboxylic acids is 3. The Kier molecular flexibility index (Phi) is 4.11. The number of hydrogen-bond donors (Lipinski definition) is 1. The molecule has 0 aromatic heterocycles. The summed E-state index contributed by atoms with van der Waals surface area (Å²) in [5.41, 5.74) is -0.674. The molecule has 0 spiro atoms. The molecule has 9 nitrogen and oxygen atoms in total. The third-order valence-electron chi connectivity index (χ3n) is 4.62. The summed E-state index contributed by atoms with van der Waals surface area (Å²) in [5.74, 6) is -4.85. The number of ether oxygens (including phenoxy) is 2. The molecule has 3 amide bonds. The van der Waals surface area contributed by atoms with Crippen LogP contribution in [0, 0.1) is 0 Å². The average Bonchev–Trinajstić information content (AvgIpc) is 3.01. The van der Waals surface area contributed by atoms with Crippen LogP contribution in [-0.2, 0) is 14.6 Å². The van der Waals surface area contributed by atoms with Crippen LogP contribution in [0.2, 0.25) is 0 Å². The molecule has 1 aliphatic heterocycles. The van der Waals surface area contributed by atoms with Crippen LogP contribution < -0.4 is 14.8 Å². The average molecular weight is 469 g/mol. The molecule has 0 bridgehead atoms. The van der Waals surface area contributed by atoms with Gasteiger partial charge in [0, 0.05) is 17.2 Å². The van der Waals surface area contributed by atoms with E-state index in [1.54, 1.807) is 0 Å². The SMILES string of the molecule is [2H]C([2H])([2H])Oc1ccc(C(CS(=O)(=O)C([2H])([2H])[2H])N2C(=O)c3cccc(NC(C)=O)c3C2=O)cc1OC([2H])([2H])C. The Morgan fingerprint density at radius 3 is 2.66 bits per heavy atom. The zero-order valence-corrected chi connectivity index (χ0v) is 17.8. The number of methoxy groups -OCH3 is 1. The maximum Gasteiger partial charge on any atom is 0.264 e. The van der Waals surface area contributed by atoms with Gasteiger partial charge < -0.3 is 14.8 Å².